The Balaban J connectivity index is 2.37. The van der Waals surface area contributed by atoms with E-state index in [0.717, 1.165) is 27.9 Å². The molecule has 0 amide bonds. The Labute approximate surface area is 96.5 Å². The van der Waals surface area contributed by atoms with Crippen LogP contribution in [0.2, 0.25) is 0 Å². The van der Waals surface area contributed by atoms with E-state index in [1.165, 1.54) is 6.39 Å². The van der Waals surface area contributed by atoms with Crippen LogP contribution in [0, 0.1) is 0 Å². The van der Waals surface area contributed by atoms with Gasteiger partial charge in [0.05, 0.1) is 0 Å². The van der Waals surface area contributed by atoms with Crippen LogP contribution in [0.15, 0.2) is 41.1 Å². The SMILES string of the molecule is ICCc1ocnc1-c1ccccc1. The molecule has 2 aromatic rings. The van der Waals surface area contributed by atoms with Gasteiger partial charge in [0.15, 0.2) is 6.39 Å². The minimum absolute atomic E-state index is 0.935. The monoisotopic (exact) mass is 299 g/mol. The van der Waals surface area contributed by atoms with Gasteiger partial charge >= 0.3 is 0 Å². The Morgan fingerprint density at radius 2 is 2.00 bits per heavy atom. The van der Waals surface area contributed by atoms with Gasteiger partial charge in [-0.05, 0) is 0 Å². The molecule has 14 heavy (non-hydrogen) atoms. The second-order valence-corrected chi connectivity index (χ2v) is 4.01. The first-order valence-electron chi connectivity index (χ1n) is 4.45. The van der Waals surface area contributed by atoms with Crippen molar-refractivity contribution in [3.8, 4) is 11.3 Å². The lowest BCUT2D eigenvalue weighted by Gasteiger charge is -1.98. The van der Waals surface area contributed by atoms with E-state index in [4.69, 9.17) is 4.42 Å². The number of rotatable bonds is 3. The molecule has 0 bridgehead atoms. The summed E-state index contributed by atoms with van der Waals surface area (Å²) < 4.78 is 6.39. The molecule has 0 N–H and O–H groups in total. The van der Waals surface area contributed by atoms with Gasteiger partial charge in [0, 0.05) is 16.4 Å². The van der Waals surface area contributed by atoms with Crippen LogP contribution in [-0.4, -0.2) is 9.41 Å². The highest BCUT2D eigenvalue weighted by atomic mass is 127. The number of aryl methyl sites for hydroxylation is 1. The van der Waals surface area contributed by atoms with Crippen molar-refractivity contribution in [2.75, 3.05) is 4.43 Å². The summed E-state index contributed by atoms with van der Waals surface area (Å²) in [6, 6.07) is 10.1. The van der Waals surface area contributed by atoms with Crippen molar-refractivity contribution < 1.29 is 4.42 Å². The lowest BCUT2D eigenvalue weighted by atomic mass is 10.1. The number of benzene rings is 1. The van der Waals surface area contributed by atoms with E-state index in [-0.39, 0.29) is 0 Å². The topological polar surface area (TPSA) is 26.0 Å². The molecule has 0 aliphatic rings. The zero-order valence-electron chi connectivity index (χ0n) is 7.61. The smallest absolute Gasteiger partial charge is 0.181 e. The van der Waals surface area contributed by atoms with E-state index in [1.54, 1.807) is 0 Å². The zero-order valence-corrected chi connectivity index (χ0v) is 9.77. The molecule has 0 aliphatic carbocycles. The maximum Gasteiger partial charge on any atom is 0.181 e. The Kier molecular flexibility index (Phi) is 3.18. The van der Waals surface area contributed by atoms with E-state index in [2.05, 4.69) is 39.7 Å². The Bertz CT molecular complexity index is 397. The lowest BCUT2D eigenvalue weighted by molar-refractivity contribution is 0.512. The number of aromatic nitrogens is 1. The summed E-state index contributed by atoms with van der Waals surface area (Å²) in [6.45, 7) is 0. The van der Waals surface area contributed by atoms with E-state index in [9.17, 15) is 0 Å². The molecule has 0 atom stereocenters. The van der Waals surface area contributed by atoms with E-state index in [1.807, 2.05) is 18.2 Å². The molecule has 2 nitrogen and oxygen atoms in total. The highest BCUT2D eigenvalue weighted by Gasteiger charge is 2.08. The van der Waals surface area contributed by atoms with Crippen LogP contribution in [0.25, 0.3) is 11.3 Å². The van der Waals surface area contributed by atoms with Crippen molar-refractivity contribution in [2.24, 2.45) is 0 Å². The number of hydrogen-bond donors (Lipinski definition) is 0. The van der Waals surface area contributed by atoms with Gasteiger partial charge in [0.1, 0.15) is 11.5 Å². The van der Waals surface area contributed by atoms with Crippen molar-refractivity contribution in [3.05, 3.63) is 42.5 Å². The van der Waals surface area contributed by atoms with Crippen LogP contribution in [0.4, 0.5) is 0 Å². The number of oxazole rings is 1. The predicted molar refractivity (Wildman–Crippen MR) is 64.5 cm³/mol. The minimum Gasteiger partial charge on any atom is -0.448 e. The summed E-state index contributed by atoms with van der Waals surface area (Å²) in [5, 5.41) is 0. The van der Waals surface area contributed by atoms with Crippen LogP contribution in [0.5, 0.6) is 0 Å². The average Bonchev–Trinajstić information content (AvgIpc) is 2.68. The molecule has 1 heterocycles. The molecular formula is C11H10INO. The summed E-state index contributed by atoms with van der Waals surface area (Å²) >= 11 is 2.34. The number of nitrogens with zero attached hydrogens (tertiary/aromatic N) is 1. The first-order chi connectivity index (χ1) is 6.92. The van der Waals surface area contributed by atoms with Crippen molar-refractivity contribution in [1.29, 1.82) is 0 Å². The summed E-state index contributed by atoms with van der Waals surface area (Å²) in [6.07, 6.45) is 2.45. The van der Waals surface area contributed by atoms with Crippen molar-refractivity contribution in [1.82, 2.24) is 4.98 Å². The first kappa shape index (κ1) is 9.71. The molecule has 0 fully saturated rings. The van der Waals surface area contributed by atoms with Gasteiger partial charge in [0.25, 0.3) is 0 Å². The highest BCUT2D eigenvalue weighted by Crippen LogP contribution is 2.22. The molecule has 0 unspecified atom stereocenters. The van der Waals surface area contributed by atoms with Crippen molar-refractivity contribution >= 4 is 22.6 Å². The summed E-state index contributed by atoms with van der Waals surface area (Å²) in [4.78, 5) is 4.24. The largest absolute Gasteiger partial charge is 0.448 e. The molecular weight excluding hydrogens is 289 g/mol. The van der Waals surface area contributed by atoms with Crippen LogP contribution in [-0.2, 0) is 6.42 Å². The quantitative estimate of drug-likeness (QED) is 0.642. The van der Waals surface area contributed by atoms with Gasteiger partial charge in [-0.3, -0.25) is 0 Å². The molecule has 0 aliphatic heterocycles. The van der Waals surface area contributed by atoms with Crippen LogP contribution in [0.1, 0.15) is 5.76 Å². The van der Waals surface area contributed by atoms with E-state index >= 15 is 0 Å². The number of halogens is 1. The first-order valence-corrected chi connectivity index (χ1v) is 5.98. The normalized spacial score (nSPS) is 10.4. The fourth-order valence-electron chi connectivity index (χ4n) is 1.37. The molecule has 1 aromatic heterocycles. The Morgan fingerprint density at radius 3 is 2.71 bits per heavy atom. The maximum absolute atomic E-state index is 5.34. The summed E-state index contributed by atoms with van der Waals surface area (Å²) in [7, 11) is 0. The molecule has 3 heteroatoms. The molecule has 1 aromatic carbocycles. The third-order valence-corrected chi connectivity index (χ3v) is 2.55. The third-order valence-electron chi connectivity index (χ3n) is 2.01. The van der Waals surface area contributed by atoms with Gasteiger partial charge in [0.2, 0.25) is 0 Å². The van der Waals surface area contributed by atoms with Crippen LogP contribution >= 0.6 is 22.6 Å². The molecule has 0 saturated carbocycles. The van der Waals surface area contributed by atoms with Crippen LogP contribution in [0.3, 0.4) is 0 Å². The molecule has 72 valence electrons. The van der Waals surface area contributed by atoms with Crippen molar-refractivity contribution in [2.45, 2.75) is 6.42 Å². The highest BCUT2D eigenvalue weighted by molar-refractivity contribution is 14.1. The van der Waals surface area contributed by atoms with E-state index < -0.39 is 0 Å². The lowest BCUT2D eigenvalue weighted by Crippen LogP contribution is -1.87. The molecule has 0 spiro atoms. The third kappa shape index (κ3) is 1.97. The van der Waals surface area contributed by atoms with Crippen molar-refractivity contribution in [3.63, 3.8) is 0 Å². The molecule has 0 radical (unpaired) electrons. The minimum atomic E-state index is 0.935. The van der Waals surface area contributed by atoms with Gasteiger partial charge in [-0.15, -0.1) is 0 Å². The Morgan fingerprint density at radius 1 is 1.21 bits per heavy atom. The van der Waals surface area contributed by atoms with Crippen LogP contribution < -0.4 is 0 Å². The summed E-state index contributed by atoms with van der Waals surface area (Å²) in [5.74, 6) is 0.977. The number of alkyl halides is 1. The van der Waals surface area contributed by atoms with Gasteiger partial charge in [-0.25, -0.2) is 4.98 Å². The summed E-state index contributed by atoms with van der Waals surface area (Å²) in [5.41, 5.74) is 2.10. The fourth-order valence-corrected chi connectivity index (χ4v) is 1.86. The second-order valence-electron chi connectivity index (χ2n) is 2.93. The average molecular weight is 299 g/mol. The maximum atomic E-state index is 5.34. The number of hydrogen-bond acceptors (Lipinski definition) is 2. The second kappa shape index (κ2) is 4.59. The molecule has 2 rings (SSSR count). The zero-order chi connectivity index (χ0) is 9.80. The van der Waals surface area contributed by atoms with E-state index in [0.29, 0.717) is 0 Å². The van der Waals surface area contributed by atoms with Gasteiger partial charge in [-0.1, -0.05) is 52.9 Å². The Hall–Kier alpha value is -0.840. The van der Waals surface area contributed by atoms with Gasteiger partial charge in [-0.2, -0.15) is 0 Å². The molecule has 0 saturated heterocycles. The predicted octanol–water partition coefficient (Wildman–Crippen LogP) is 3.32. The standard InChI is InChI=1S/C11H10INO/c12-7-6-10-11(13-8-14-10)9-4-2-1-3-5-9/h1-5,8H,6-7H2. The fraction of sp³-hybridized carbons (Fsp3) is 0.182. The van der Waals surface area contributed by atoms with Gasteiger partial charge < -0.3 is 4.42 Å².